The lowest BCUT2D eigenvalue weighted by Gasteiger charge is -2.12. The third-order valence-electron chi connectivity index (χ3n) is 3.70. The van der Waals surface area contributed by atoms with Crippen LogP contribution in [-0.4, -0.2) is 15.8 Å². The highest BCUT2D eigenvalue weighted by Gasteiger charge is 2.09. The zero-order valence-corrected chi connectivity index (χ0v) is 13.0. The molecule has 20 heavy (non-hydrogen) atoms. The molecule has 1 N–H and O–H groups in total. The third kappa shape index (κ3) is 3.48. The average Bonchev–Trinajstić information content (AvgIpc) is 2.70. The van der Waals surface area contributed by atoms with Crippen LogP contribution in [0.3, 0.4) is 0 Å². The van der Waals surface area contributed by atoms with E-state index in [0.29, 0.717) is 6.04 Å². The maximum absolute atomic E-state index is 4.63. The minimum absolute atomic E-state index is 0.480. The molecular weight excluding hydrogens is 246 g/mol. The van der Waals surface area contributed by atoms with Crippen LogP contribution in [-0.2, 0) is 13.6 Å². The Kier molecular flexibility index (Phi) is 4.61. The van der Waals surface area contributed by atoms with E-state index in [9.17, 15) is 0 Å². The second-order valence-corrected chi connectivity index (χ2v) is 5.87. The molecule has 0 aliphatic carbocycles. The molecule has 1 aromatic carbocycles. The first-order valence-corrected chi connectivity index (χ1v) is 7.27. The molecule has 0 aliphatic heterocycles. The van der Waals surface area contributed by atoms with E-state index in [2.05, 4.69) is 56.0 Å². The number of fused-ring (bicyclic) bond motifs is 1. The Bertz CT molecular complexity index is 610. The molecule has 2 aromatic rings. The third-order valence-corrected chi connectivity index (χ3v) is 3.70. The second-order valence-electron chi connectivity index (χ2n) is 5.87. The van der Waals surface area contributed by atoms with Crippen LogP contribution in [0.25, 0.3) is 10.9 Å². The Hall–Kier alpha value is -1.61. The highest BCUT2D eigenvalue weighted by molar-refractivity contribution is 5.82. The fourth-order valence-corrected chi connectivity index (χ4v) is 2.42. The molecule has 0 spiro atoms. The number of rotatable bonds is 6. The summed E-state index contributed by atoms with van der Waals surface area (Å²) in [5.41, 5.74) is 4.86. The molecule has 3 heteroatoms. The van der Waals surface area contributed by atoms with Crippen molar-refractivity contribution in [1.29, 1.82) is 0 Å². The van der Waals surface area contributed by atoms with E-state index in [4.69, 9.17) is 0 Å². The maximum Gasteiger partial charge on any atom is 0.0841 e. The first-order valence-electron chi connectivity index (χ1n) is 7.27. The van der Waals surface area contributed by atoms with Crippen LogP contribution in [0.5, 0.6) is 0 Å². The molecule has 108 valence electrons. The lowest BCUT2D eigenvalue weighted by molar-refractivity contribution is 0.507. The van der Waals surface area contributed by atoms with Gasteiger partial charge >= 0.3 is 0 Å². The minimum atomic E-state index is 0.480. The normalized spacial score (nSPS) is 12.8. The van der Waals surface area contributed by atoms with Gasteiger partial charge in [-0.05, 0) is 45.7 Å². The first kappa shape index (κ1) is 14.8. The summed E-state index contributed by atoms with van der Waals surface area (Å²) in [4.78, 5) is 0. The number of nitrogens with zero attached hydrogens (tertiary/aromatic N) is 2. The Balaban J connectivity index is 2.06. The molecule has 1 atom stereocenters. The molecule has 1 heterocycles. The van der Waals surface area contributed by atoms with Crippen LogP contribution >= 0.6 is 0 Å². The van der Waals surface area contributed by atoms with Gasteiger partial charge in [-0.15, -0.1) is 6.58 Å². The molecule has 0 radical (unpaired) electrons. The number of benzene rings is 1. The van der Waals surface area contributed by atoms with Gasteiger partial charge in [-0.1, -0.05) is 17.2 Å². The van der Waals surface area contributed by atoms with Gasteiger partial charge in [-0.2, -0.15) is 5.10 Å². The fourth-order valence-electron chi connectivity index (χ4n) is 2.42. The topological polar surface area (TPSA) is 29.9 Å². The largest absolute Gasteiger partial charge is 0.309 e. The lowest BCUT2D eigenvalue weighted by atomic mass is 10.1. The Morgan fingerprint density at radius 3 is 2.90 bits per heavy atom. The molecule has 0 bridgehead atoms. The molecule has 0 fully saturated rings. The van der Waals surface area contributed by atoms with Crippen molar-refractivity contribution in [1.82, 2.24) is 15.1 Å². The van der Waals surface area contributed by atoms with Gasteiger partial charge in [0, 0.05) is 25.0 Å². The van der Waals surface area contributed by atoms with E-state index >= 15 is 0 Å². The molecule has 2 rings (SSSR count). The zero-order chi connectivity index (χ0) is 14.7. The van der Waals surface area contributed by atoms with E-state index in [-0.39, 0.29) is 0 Å². The van der Waals surface area contributed by atoms with Crippen molar-refractivity contribution in [2.45, 2.75) is 46.2 Å². The van der Waals surface area contributed by atoms with Crippen molar-refractivity contribution >= 4 is 10.9 Å². The van der Waals surface area contributed by atoms with Gasteiger partial charge < -0.3 is 5.32 Å². The summed E-state index contributed by atoms with van der Waals surface area (Å²) >= 11 is 0. The predicted octanol–water partition coefficient (Wildman–Crippen LogP) is 3.72. The van der Waals surface area contributed by atoms with Crippen molar-refractivity contribution in [3.05, 3.63) is 41.6 Å². The van der Waals surface area contributed by atoms with Crippen molar-refractivity contribution < 1.29 is 0 Å². The Morgan fingerprint density at radius 2 is 2.20 bits per heavy atom. The van der Waals surface area contributed by atoms with Crippen LogP contribution in [0.4, 0.5) is 0 Å². The quantitative estimate of drug-likeness (QED) is 0.812. The summed E-state index contributed by atoms with van der Waals surface area (Å²) in [7, 11) is 2.01. The zero-order valence-electron chi connectivity index (χ0n) is 13.0. The van der Waals surface area contributed by atoms with Gasteiger partial charge in [0.1, 0.15) is 0 Å². The summed E-state index contributed by atoms with van der Waals surface area (Å²) in [6, 6.07) is 6.98. The molecule has 3 nitrogen and oxygen atoms in total. The second kappa shape index (κ2) is 6.23. The Morgan fingerprint density at radius 1 is 1.45 bits per heavy atom. The van der Waals surface area contributed by atoms with E-state index in [1.807, 2.05) is 11.7 Å². The van der Waals surface area contributed by atoms with Gasteiger partial charge in [0.15, 0.2) is 0 Å². The van der Waals surface area contributed by atoms with Crippen LogP contribution in [0.1, 0.15) is 37.9 Å². The minimum Gasteiger partial charge on any atom is -0.309 e. The SMILES string of the molecule is C=C(C)CC[C@H](C)NCc1nn(C)c2ccc(C)cc12. The van der Waals surface area contributed by atoms with Crippen molar-refractivity contribution in [3.63, 3.8) is 0 Å². The van der Waals surface area contributed by atoms with E-state index in [1.165, 1.54) is 22.0 Å². The molecule has 0 amide bonds. The molecule has 1 aromatic heterocycles. The summed E-state index contributed by atoms with van der Waals surface area (Å²) in [5.74, 6) is 0. The summed E-state index contributed by atoms with van der Waals surface area (Å²) < 4.78 is 1.96. The summed E-state index contributed by atoms with van der Waals surface area (Å²) in [6.07, 6.45) is 2.20. The van der Waals surface area contributed by atoms with E-state index in [0.717, 1.165) is 25.1 Å². The predicted molar refractivity (Wildman–Crippen MR) is 85.8 cm³/mol. The number of nitrogens with one attached hydrogen (secondary N) is 1. The highest BCUT2D eigenvalue weighted by Crippen LogP contribution is 2.19. The number of aromatic nitrogens is 2. The number of hydrogen-bond donors (Lipinski definition) is 1. The molecule has 0 unspecified atom stereocenters. The fraction of sp³-hybridized carbons (Fsp3) is 0.471. The number of aryl methyl sites for hydroxylation is 2. The lowest BCUT2D eigenvalue weighted by Crippen LogP contribution is -2.25. The molecule has 0 aliphatic rings. The van der Waals surface area contributed by atoms with Crippen LogP contribution in [0.2, 0.25) is 0 Å². The Labute approximate surface area is 121 Å². The van der Waals surface area contributed by atoms with Crippen molar-refractivity contribution in [3.8, 4) is 0 Å². The van der Waals surface area contributed by atoms with Gasteiger partial charge in [-0.25, -0.2) is 0 Å². The number of allylic oxidation sites excluding steroid dienone is 1. The first-order chi connectivity index (χ1) is 9.47. The molecule has 0 saturated carbocycles. The van der Waals surface area contributed by atoms with Crippen LogP contribution in [0, 0.1) is 6.92 Å². The summed E-state index contributed by atoms with van der Waals surface area (Å²) in [5, 5.41) is 9.45. The average molecular weight is 271 g/mol. The monoisotopic (exact) mass is 271 g/mol. The van der Waals surface area contributed by atoms with Crippen molar-refractivity contribution in [2.24, 2.45) is 7.05 Å². The summed E-state index contributed by atoms with van der Waals surface area (Å²) in [6.45, 7) is 11.2. The van der Waals surface area contributed by atoms with Gasteiger partial charge in [0.25, 0.3) is 0 Å². The highest BCUT2D eigenvalue weighted by atomic mass is 15.3. The van der Waals surface area contributed by atoms with Crippen LogP contribution < -0.4 is 5.32 Å². The number of hydrogen-bond acceptors (Lipinski definition) is 2. The molecule has 0 saturated heterocycles. The standard InChI is InChI=1S/C17H25N3/c1-12(2)6-8-14(4)18-11-16-15-10-13(3)7-9-17(15)20(5)19-16/h7,9-10,14,18H,1,6,8,11H2,2-5H3/t14-/m0/s1. The van der Waals surface area contributed by atoms with Crippen molar-refractivity contribution in [2.75, 3.05) is 0 Å². The van der Waals surface area contributed by atoms with Crippen LogP contribution in [0.15, 0.2) is 30.4 Å². The van der Waals surface area contributed by atoms with Gasteiger partial charge in [-0.3, -0.25) is 4.68 Å². The smallest absolute Gasteiger partial charge is 0.0841 e. The van der Waals surface area contributed by atoms with Gasteiger partial charge in [0.2, 0.25) is 0 Å². The van der Waals surface area contributed by atoms with E-state index < -0.39 is 0 Å². The maximum atomic E-state index is 4.63. The van der Waals surface area contributed by atoms with Gasteiger partial charge in [0.05, 0.1) is 11.2 Å². The van der Waals surface area contributed by atoms with E-state index in [1.54, 1.807) is 0 Å². The molecular formula is C17H25N3.